The Morgan fingerprint density at radius 2 is 2.17 bits per heavy atom. The van der Waals surface area contributed by atoms with Crippen molar-refractivity contribution in [2.45, 2.75) is 44.2 Å². The SMILES string of the molecule is CC(N)CCC(=O)NC1(c2ccccc2F)CC1. The summed E-state index contributed by atoms with van der Waals surface area (Å²) in [7, 11) is 0. The molecule has 1 aromatic rings. The second-order valence-electron chi connectivity index (χ2n) is 5.13. The zero-order chi connectivity index (χ0) is 13.2. The molecule has 3 N–H and O–H groups in total. The minimum absolute atomic E-state index is 0.0133. The molecule has 1 saturated carbocycles. The predicted octanol–water partition coefficient (Wildman–Crippen LogP) is 2.06. The summed E-state index contributed by atoms with van der Waals surface area (Å²) in [4.78, 5) is 11.8. The standard InChI is InChI=1S/C14H19FN2O/c1-10(16)6-7-13(18)17-14(8-9-14)11-4-2-3-5-12(11)15/h2-5,10H,6-9,16H2,1H3,(H,17,18). The minimum Gasteiger partial charge on any atom is -0.346 e. The molecule has 0 spiro atoms. The fourth-order valence-corrected chi connectivity index (χ4v) is 2.12. The molecule has 0 heterocycles. The number of nitrogens with one attached hydrogen (secondary N) is 1. The van der Waals surface area contributed by atoms with Crippen LogP contribution in [0.3, 0.4) is 0 Å². The van der Waals surface area contributed by atoms with Gasteiger partial charge in [0, 0.05) is 18.0 Å². The third-order valence-electron chi connectivity index (χ3n) is 3.34. The van der Waals surface area contributed by atoms with Crippen LogP contribution in [0.1, 0.15) is 38.2 Å². The molecule has 1 fully saturated rings. The minimum atomic E-state index is -0.472. The van der Waals surface area contributed by atoms with E-state index in [1.165, 1.54) is 6.07 Å². The van der Waals surface area contributed by atoms with Crippen molar-refractivity contribution in [1.29, 1.82) is 0 Å². The van der Waals surface area contributed by atoms with Crippen LogP contribution in [0.15, 0.2) is 24.3 Å². The van der Waals surface area contributed by atoms with Crippen LogP contribution in [0.4, 0.5) is 4.39 Å². The Morgan fingerprint density at radius 3 is 2.72 bits per heavy atom. The molecular weight excluding hydrogens is 231 g/mol. The molecule has 98 valence electrons. The summed E-state index contributed by atoms with van der Waals surface area (Å²) < 4.78 is 13.7. The van der Waals surface area contributed by atoms with E-state index in [1.54, 1.807) is 18.2 Å². The number of rotatable bonds is 5. The van der Waals surface area contributed by atoms with Gasteiger partial charge in [0.2, 0.25) is 5.91 Å². The van der Waals surface area contributed by atoms with Gasteiger partial charge in [-0.05, 0) is 32.3 Å². The normalized spacial score (nSPS) is 18.2. The predicted molar refractivity (Wildman–Crippen MR) is 68.3 cm³/mol. The van der Waals surface area contributed by atoms with Crippen molar-refractivity contribution in [3.8, 4) is 0 Å². The maximum atomic E-state index is 13.7. The highest BCUT2D eigenvalue weighted by atomic mass is 19.1. The fraction of sp³-hybridized carbons (Fsp3) is 0.500. The maximum Gasteiger partial charge on any atom is 0.220 e. The molecule has 0 saturated heterocycles. The van der Waals surface area contributed by atoms with Crippen molar-refractivity contribution in [2.24, 2.45) is 5.73 Å². The summed E-state index contributed by atoms with van der Waals surface area (Å²) in [6.45, 7) is 1.87. The van der Waals surface area contributed by atoms with Crippen molar-refractivity contribution in [3.05, 3.63) is 35.6 Å². The molecule has 0 aromatic heterocycles. The highest BCUT2D eigenvalue weighted by Gasteiger charge is 2.47. The first kappa shape index (κ1) is 13.0. The first-order valence-electron chi connectivity index (χ1n) is 6.35. The molecule has 0 aliphatic heterocycles. The molecular formula is C14H19FN2O. The van der Waals surface area contributed by atoms with E-state index in [9.17, 15) is 9.18 Å². The average Bonchev–Trinajstić information content (AvgIpc) is 3.08. The van der Waals surface area contributed by atoms with Gasteiger partial charge in [-0.3, -0.25) is 4.79 Å². The molecule has 1 aliphatic carbocycles. The summed E-state index contributed by atoms with van der Waals surface area (Å²) in [6, 6.07) is 6.65. The van der Waals surface area contributed by atoms with E-state index >= 15 is 0 Å². The number of carbonyl (C=O) groups is 1. The summed E-state index contributed by atoms with van der Waals surface area (Å²) in [5.74, 6) is -0.296. The number of nitrogens with two attached hydrogens (primary N) is 1. The molecule has 1 aromatic carbocycles. The van der Waals surface area contributed by atoms with E-state index in [0.29, 0.717) is 18.4 Å². The van der Waals surface area contributed by atoms with Gasteiger partial charge < -0.3 is 11.1 Å². The lowest BCUT2D eigenvalue weighted by atomic mass is 10.0. The topological polar surface area (TPSA) is 55.1 Å². The van der Waals surface area contributed by atoms with Crippen LogP contribution < -0.4 is 11.1 Å². The van der Waals surface area contributed by atoms with Gasteiger partial charge in [-0.25, -0.2) is 4.39 Å². The quantitative estimate of drug-likeness (QED) is 0.840. The summed E-state index contributed by atoms with van der Waals surface area (Å²) >= 11 is 0. The van der Waals surface area contributed by atoms with Gasteiger partial charge in [0.25, 0.3) is 0 Å². The number of benzene rings is 1. The fourth-order valence-electron chi connectivity index (χ4n) is 2.12. The molecule has 4 heteroatoms. The Balaban J connectivity index is 2.01. The smallest absolute Gasteiger partial charge is 0.220 e. The Hall–Kier alpha value is -1.42. The van der Waals surface area contributed by atoms with Gasteiger partial charge in [0.15, 0.2) is 0 Å². The van der Waals surface area contributed by atoms with Crippen LogP contribution in [-0.2, 0) is 10.3 Å². The second kappa shape index (κ2) is 5.06. The van der Waals surface area contributed by atoms with Crippen LogP contribution in [-0.4, -0.2) is 11.9 Å². The van der Waals surface area contributed by atoms with Crippen LogP contribution in [0, 0.1) is 5.82 Å². The van der Waals surface area contributed by atoms with Crippen molar-refractivity contribution < 1.29 is 9.18 Å². The Kier molecular flexibility index (Phi) is 3.66. The molecule has 0 radical (unpaired) electrons. The Morgan fingerprint density at radius 1 is 1.50 bits per heavy atom. The summed E-state index contributed by atoms with van der Waals surface area (Å²) in [5.41, 5.74) is 5.74. The number of hydrogen-bond donors (Lipinski definition) is 2. The molecule has 0 bridgehead atoms. The monoisotopic (exact) mass is 250 g/mol. The van der Waals surface area contributed by atoms with Crippen molar-refractivity contribution in [3.63, 3.8) is 0 Å². The van der Waals surface area contributed by atoms with E-state index in [2.05, 4.69) is 5.32 Å². The second-order valence-corrected chi connectivity index (χ2v) is 5.13. The lowest BCUT2D eigenvalue weighted by Gasteiger charge is -2.19. The number of hydrogen-bond acceptors (Lipinski definition) is 2. The Labute approximate surface area is 107 Å². The van der Waals surface area contributed by atoms with Crippen molar-refractivity contribution in [2.75, 3.05) is 0 Å². The largest absolute Gasteiger partial charge is 0.346 e. The van der Waals surface area contributed by atoms with E-state index in [4.69, 9.17) is 5.73 Å². The first-order chi connectivity index (χ1) is 8.53. The average molecular weight is 250 g/mol. The molecule has 18 heavy (non-hydrogen) atoms. The van der Waals surface area contributed by atoms with Crippen LogP contribution in [0.2, 0.25) is 0 Å². The molecule has 1 atom stereocenters. The van der Waals surface area contributed by atoms with Crippen LogP contribution in [0.5, 0.6) is 0 Å². The highest BCUT2D eigenvalue weighted by Crippen LogP contribution is 2.46. The third-order valence-corrected chi connectivity index (χ3v) is 3.34. The zero-order valence-electron chi connectivity index (χ0n) is 10.6. The summed E-state index contributed by atoms with van der Waals surface area (Å²) in [6.07, 6.45) is 2.66. The molecule has 2 rings (SSSR count). The van der Waals surface area contributed by atoms with Crippen molar-refractivity contribution in [1.82, 2.24) is 5.32 Å². The van der Waals surface area contributed by atoms with Crippen LogP contribution >= 0.6 is 0 Å². The molecule has 1 aliphatic rings. The zero-order valence-corrected chi connectivity index (χ0v) is 10.6. The van der Waals surface area contributed by atoms with Gasteiger partial charge in [-0.15, -0.1) is 0 Å². The van der Waals surface area contributed by atoms with Gasteiger partial charge >= 0.3 is 0 Å². The van der Waals surface area contributed by atoms with E-state index in [1.807, 2.05) is 6.92 Å². The third kappa shape index (κ3) is 2.88. The van der Waals surface area contributed by atoms with Gasteiger partial charge in [0.1, 0.15) is 5.82 Å². The number of carbonyl (C=O) groups excluding carboxylic acids is 1. The maximum absolute atomic E-state index is 13.7. The lowest BCUT2D eigenvalue weighted by molar-refractivity contribution is -0.122. The number of amides is 1. The van der Waals surface area contributed by atoms with Crippen LogP contribution in [0.25, 0.3) is 0 Å². The molecule has 3 nitrogen and oxygen atoms in total. The molecule has 1 unspecified atom stereocenters. The Bertz CT molecular complexity index is 441. The first-order valence-corrected chi connectivity index (χ1v) is 6.35. The van der Waals surface area contributed by atoms with E-state index < -0.39 is 5.54 Å². The summed E-state index contributed by atoms with van der Waals surface area (Å²) in [5, 5.41) is 2.95. The van der Waals surface area contributed by atoms with Gasteiger partial charge in [-0.2, -0.15) is 0 Å². The van der Waals surface area contributed by atoms with Crippen molar-refractivity contribution >= 4 is 5.91 Å². The van der Waals surface area contributed by atoms with E-state index in [0.717, 1.165) is 12.8 Å². The van der Waals surface area contributed by atoms with Gasteiger partial charge in [0.05, 0.1) is 5.54 Å². The molecule has 1 amide bonds. The number of halogens is 1. The van der Waals surface area contributed by atoms with E-state index in [-0.39, 0.29) is 17.8 Å². The highest BCUT2D eigenvalue weighted by molar-refractivity contribution is 5.77. The lowest BCUT2D eigenvalue weighted by Crippen LogP contribution is -2.36. The van der Waals surface area contributed by atoms with Gasteiger partial charge in [-0.1, -0.05) is 18.2 Å².